The van der Waals surface area contributed by atoms with Gasteiger partial charge in [0.2, 0.25) is 0 Å². The molecule has 122 valence electrons. The molecule has 0 amide bonds. The number of hydrogen-bond acceptors (Lipinski definition) is 2. The van der Waals surface area contributed by atoms with Crippen LogP contribution in [-0.4, -0.2) is 17.7 Å². The van der Waals surface area contributed by atoms with Crippen molar-refractivity contribution in [2.75, 3.05) is 6.54 Å². The molecule has 0 aliphatic heterocycles. The maximum atomic E-state index is 11.5. The third-order valence-electron chi connectivity index (χ3n) is 5.03. The zero-order chi connectivity index (χ0) is 16.1. The SMILES string of the molecule is Cc1ccc(C(O)(CNC2CCCCC2)c2ccccc2)cc1. The van der Waals surface area contributed by atoms with Gasteiger partial charge in [0.05, 0.1) is 0 Å². The van der Waals surface area contributed by atoms with Gasteiger partial charge >= 0.3 is 0 Å². The highest BCUT2D eigenvalue weighted by Crippen LogP contribution is 2.30. The van der Waals surface area contributed by atoms with Gasteiger partial charge in [0, 0.05) is 12.6 Å². The first-order valence-electron chi connectivity index (χ1n) is 8.77. The summed E-state index contributed by atoms with van der Waals surface area (Å²) in [6.45, 7) is 2.64. The zero-order valence-corrected chi connectivity index (χ0v) is 14.0. The van der Waals surface area contributed by atoms with Crippen molar-refractivity contribution < 1.29 is 5.11 Å². The second-order valence-electron chi connectivity index (χ2n) is 6.81. The summed E-state index contributed by atoms with van der Waals surface area (Å²) in [5.41, 5.74) is 2.14. The molecule has 0 radical (unpaired) electrons. The Morgan fingerprint density at radius 3 is 2.17 bits per heavy atom. The van der Waals surface area contributed by atoms with Crippen LogP contribution in [0, 0.1) is 6.92 Å². The first kappa shape index (κ1) is 16.2. The van der Waals surface area contributed by atoms with Crippen LogP contribution in [0.25, 0.3) is 0 Å². The van der Waals surface area contributed by atoms with Crippen molar-refractivity contribution in [3.05, 3.63) is 71.3 Å². The molecule has 0 bridgehead atoms. The van der Waals surface area contributed by atoms with Crippen LogP contribution < -0.4 is 5.32 Å². The van der Waals surface area contributed by atoms with Gasteiger partial charge in [-0.05, 0) is 30.9 Å². The van der Waals surface area contributed by atoms with Gasteiger partial charge in [-0.1, -0.05) is 79.4 Å². The molecule has 2 aromatic carbocycles. The third-order valence-corrected chi connectivity index (χ3v) is 5.03. The van der Waals surface area contributed by atoms with Gasteiger partial charge in [0.1, 0.15) is 5.60 Å². The summed E-state index contributed by atoms with van der Waals surface area (Å²) in [5, 5.41) is 15.1. The van der Waals surface area contributed by atoms with Crippen LogP contribution >= 0.6 is 0 Å². The number of aryl methyl sites for hydroxylation is 1. The minimum absolute atomic E-state index is 0.532. The highest BCUT2D eigenvalue weighted by atomic mass is 16.3. The van der Waals surface area contributed by atoms with Crippen LogP contribution in [0.2, 0.25) is 0 Å². The van der Waals surface area contributed by atoms with E-state index in [9.17, 15) is 5.11 Å². The van der Waals surface area contributed by atoms with Crippen molar-refractivity contribution in [1.29, 1.82) is 0 Å². The van der Waals surface area contributed by atoms with Crippen LogP contribution in [0.3, 0.4) is 0 Å². The molecule has 2 N–H and O–H groups in total. The molecule has 0 heterocycles. The number of rotatable bonds is 5. The maximum absolute atomic E-state index is 11.5. The standard InChI is InChI=1S/C21H27NO/c1-17-12-14-19(15-13-17)21(23,18-8-4-2-5-9-18)16-22-20-10-6-3-7-11-20/h2,4-5,8-9,12-15,20,22-23H,3,6-7,10-11,16H2,1H3. The fourth-order valence-corrected chi connectivity index (χ4v) is 3.51. The van der Waals surface area contributed by atoms with Crippen molar-refractivity contribution in [3.63, 3.8) is 0 Å². The Kier molecular flexibility index (Phi) is 5.14. The van der Waals surface area contributed by atoms with Gasteiger partial charge in [-0.15, -0.1) is 0 Å². The molecule has 1 unspecified atom stereocenters. The lowest BCUT2D eigenvalue weighted by atomic mass is 9.85. The minimum Gasteiger partial charge on any atom is -0.379 e. The summed E-state index contributed by atoms with van der Waals surface area (Å²) in [6.07, 6.45) is 6.38. The van der Waals surface area contributed by atoms with Crippen molar-refractivity contribution in [3.8, 4) is 0 Å². The van der Waals surface area contributed by atoms with Gasteiger partial charge in [-0.3, -0.25) is 0 Å². The predicted molar refractivity (Wildman–Crippen MR) is 95.5 cm³/mol. The first-order valence-corrected chi connectivity index (χ1v) is 8.77. The summed E-state index contributed by atoms with van der Waals surface area (Å²) in [4.78, 5) is 0. The van der Waals surface area contributed by atoms with E-state index in [1.54, 1.807) is 0 Å². The zero-order valence-electron chi connectivity index (χ0n) is 14.0. The summed E-state index contributed by atoms with van der Waals surface area (Å²) < 4.78 is 0. The normalized spacial score (nSPS) is 18.5. The second-order valence-corrected chi connectivity index (χ2v) is 6.81. The molecule has 0 saturated heterocycles. The Bertz CT molecular complexity index is 601. The quantitative estimate of drug-likeness (QED) is 0.869. The smallest absolute Gasteiger partial charge is 0.127 e. The van der Waals surface area contributed by atoms with Gasteiger partial charge in [0.15, 0.2) is 0 Å². The monoisotopic (exact) mass is 309 g/mol. The van der Waals surface area contributed by atoms with Crippen molar-refractivity contribution >= 4 is 0 Å². The topological polar surface area (TPSA) is 32.3 Å². The summed E-state index contributed by atoms with van der Waals surface area (Å²) in [6, 6.07) is 18.8. The van der Waals surface area contributed by atoms with E-state index in [0.717, 1.165) is 11.1 Å². The Hall–Kier alpha value is -1.64. The lowest BCUT2D eigenvalue weighted by molar-refractivity contribution is 0.0746. The van der Waals surface area contributed by atoms with E-state index in [1.165, 1.54) is 37.7 Å². The lowest BCUT2D eigenvalue weighted by Gasteiger charge is -2.33. The fourth-order valence-electron chi connectivity index (χ4n) is 3.51. The van der Waals surface area contributed by atoms with Gasteiger partial charge in [0.25, 0.3) is 0 Å². The molecule has 1 fully saturated rings. The molecule has 2 heteroatoms. The Morgan fingerprint density at radius 2 is 1.52 bits per heavy atom. The Morgan fingerprint density at radius 1 is 0.913 bits per heavy atom. The molecular formula is C21H27NO. The highest BCUT2D eigenvalue weighted by molar-refractivity contribution is 5.37. The molecule has 0 spiro atoms. The number of aliphatic hydroxyl groups is 1. The minimum atomic E-state index is -0.980. The van der Waals surface area contributed by atoms with E-state index in [-0.39, 0.29) is 0 Å². The average Bonchev–Trinajstić information content (AvgIpc) is 2.62. The van der Waals surface area contributed by atoms with E-state index >= 15 is 0 Å². The molecule has 2 nitrogen and oxygen atoms in total. The molecule has 23 heavy (non-hydrogen) atoms. The van der Waals surface area contributed by atoms with Crippen molar-refractivity contribution in [2.24, 2.45) is 0 Å². The molecule has 0 aromatic heterocycles. The molecule has 1 saturated carbocycles. The van der Waals surface area contributed by atoms with Gasteiger partial charge in [-0.25, -0.2) is 0 Å². The highest BCUT2D eigenvalue weighted by Gasteiger charge is 2.32. The van der Waals surface area contributed by atoms with E-state index in [2.05, 4.69) is 24.4 Å². The number of nitrogens with one attached hydrogen (secondary N) is 1. The molecule has 1 atom stereocenters. The van der Waals surface area contributed by atoms with E-state index in [0.29, 0.717) is 12.6 Å². The van der Waals surface area contributed by atoms with E-state index < -0.39 is 5.60 Å². The fraction of sp³-hybridized carbons (Fsp3) is 0.429. The van der Waals surface area contributed by atoms with E-state index in [4.69, 9.17) is 0 Å². The van der Waals surface area contributed by atoms with Crippen LogP contribution in [0.15, 0.2) is 54.6 Å². The molecule has 1 aliphatic rings. The van der Waals surface area contributed by atoms with Gasteiger partial charge < -0.3 is 10.4 Å². The first-order chi connectivity index (χ1) is 11.2. The summed E-state index contributed by atoms with van der Waals surface area (Å²) >= 11 is 0. The number of benzene rings is 2. The lowest BCUT2D eigenvalue weighted by Crippen LogP contribution is -2.44. The predicted octanol–water partition coefficient (Wildman–Crippen LogP) is 4.15. The number of hydrogen-bond donors (Lipinski definition) is 2. The van der Waals surface area contributed by atoms with E-state index in [1.807, 2.05) is 42.5 Å². The largest absolute Gasteiger partial charge is 0.379 e. The van der Waals surface area contributed by atoms with Gasteiger partial charge in [-0.2, -0.15) is 0 Å². The maximum Gasteiger partial charge on any atom is 0.127 e. The molecule has 1 aliphatic carbocycles. The average molecular weight is 309 g/mol. The van der Waals surface area contributed by atoms with Crippen LogP contribution in [0.5, 0.6) is 0 Å². The van der Waals surface area contributed by atoms with Crippen molar-refractivity contribution in [2.45, 2.75) is 50.7 Å². The molecule has 3 rings (SSSR count). The van der Waals surface area contributed by atoms with Crippen LogP contribution in [0.1, 0.15) is 48.8 Å². The Balaban J connectivity index is 1.85. The summed E-state index contributed by atoms with van der Waals surface area (Å²) in [5.74, 6) is 0. The Labute approximate surface area is 139 Å². The van der Waals surface area contributed by atoms with Crippen molar-refractivity contribution in [1.82, 2.24) is 5.32 Å². The molecular weight excluding hydrogens is 282 g/mol. The summed E-state index contributed by atoms with van der Waals surface area (Å²) in [7, 11) is 0. The van der Waals surface area contributed by atoms with Crippen LogP contribution in [0.4, 0.5) is 0 Å². The van der Waals surface area contributed by atoms with Crippen LogP contribution in [-0.2, 0) is 5.60 Å². The molecule has 2 aromatic rings. The second kappa shape index (κ2) is 7.29. The third kappa shape index (κ3) is 3.82.